The summed E-state index contributed by atoms with van der Waals surface area (Å²) in [5, 5.41) is 7.56. The summed E-state index contributed by atoms with van der Waals surface area (Å²) in [6.07, 6.45) is 1.70. The van der Waals surface area contributed by atoms with Gasteiger partial charge in [-0.3, -0.25) is 0 Å². The molecule has 4 nitrogen and oxygen atoms in total. The number of nitrogens with zero attached hydrogens (tertiary/aromatic N) is 3. The van der Waals surface area contributed by atoms with E-state index in [1.807, 2.05) is 11.5 Å². The average molecular weight is 141 g/mol. The van der Waals surface area contributed by atoms with Crippen LogP contribution in [0.5, 0.6) is 0 Å². The van der Waals surface area contributed by atoms with Gasteiger partial charge in [-0.05, 0) is 6.92 Å². The standard InChI is InChI=1S/C6H11N3O/c1-6-8-7-5-9(6)3-4-10-2/h5H,3-4H2,1-2H3. The average Bonchev–Trinajstić information content (AvgIpc) is 2.31. The molecule has 0 atom stereocenters. The van der Waals surface area contributed by atoms with Crippen LogP contribution in [0.25, 0.3) is 0 Å². The van der Waals surface area contributed by atoms with E-state index in [9.17, 15) is 0 Å². The molecular weight excluding hydrogens is 130 g/mol. The second-order valence-corrected chi connectivity index (χ2v) is 2.06. The second-order valence-electron chi connectivity index (χ2n) is 2.06. The largest absolute Gasteiger partial charge is 0.383 e. The van der Waals surface area contributed by atoms with Gasteiger partial charge in [0, 0.05) is 13.7 Å². The molecule has 56 valence electrons. The molecule has 0 saturated carbocycles. The van der Waals surface area contributed by atoms with Gasteiger partial charge in [-0.2, -0.15) is 0 Å². The van der Waals surface area contributed by atoms with Crippen molar-refractivity contribution in [3.63, 3.8) is 0 Å². The minimum absolute atomic E-state index is 0.707. The molecule has 0 N–H and O–H groups in total. The van der Waals surface area contributed by atoms with Crippen LogP contribution >= 0.6 is 0 Å². The highest BCUT2D eigenvalue weighted by Gasteiger charge is 1.94. The smallest absolute Gasteiger partial charge is 0.129 e. The number of ether oxygens (including phenoxy) is 1. The summed E-state index contributed by atoms with van der Waals surface area (Å²) in [5.41, 5.74) is 0. The molecule has 1 heterocycles. The highest BCUT2D eigenvalue weighted by molar-refractivity contribution is 4.79. The maximum atomic E-state index is 4.89. The minimum atomic E-state index is 0.707. The highest BCUT2D eigenvalue weighted by Crippen LogP contribution is 1.90. The molecule has 0 aliphatic heterocycles. The van der Waals surface area contributed by atoms with Crippen molar-refractivity contribution in [3.05, 3.63) is 12.2 Å². The molecule has 1 aromatic heterocycles. The molecule has 0 saturated heterocycles. The topological polar surface area (TPSA) is 39.9 Å². The van der Waals surface area contributed by atoms with Gasteiger partial charge in [-0.15, -0.1) is 10.2 Å². The number of methoxy groups -OCH3 is 1. The van der Waals surface area contributed by atoms with E-state index in [1.165, 1.54) is 0 Å². The van der Waals surface area contributed by atoms with E-state index in [4.69, 9.17) is 4.74 Å². The lowest BCUT2D eigenvalue weighted by atomic mass is 10.6. The van der Waals surface area contributed by atoms with E-state index in [-0.39, 0.29) is 0 Å². The second kappa shape index (κ2) is 3.31. The minimum Gasteiger partial charge on any atom is -0.383 e. The Morgan fingerprint density at radius 2 is 2.50 bits per heavy atom. The van der Waals surface area contributed by atoms with E-state index in [1.54, 1.807) is 13.4 Å². The van der Waals surface area contributed by atoms with Crippen molar-refractivity contribution in [2.75, 3.05) is 13.7 Å². The Labute approximate surface area is 59.8 Å². The molecule has 1 aromatic rings. The normalized spacial score (nSPS) is 10.2. The van der Waals surface area contributed by atoms with Crippen molar-refractivity contribution < 1.29 is 4.74 Å². The summed E-state index contributed by atoms with van der Waals surface area (Å²) < 4.78 is 6.84. The number of aryl methyl sites for hydroxylation is 1. The van der Waals surface area contributed by atoms with Crippen LogP contribution in [0, 0.1) is 6.92 Å². The predicted octanol–water partition coefficient (Wildman–Crippen LogP) is 0.233. The van der Waals surface area contributed by atoms with Crippen LogP contribution in [-0.4, -0.2) is 28.5 Å². The fourth-order valence-electron chi connectivity index (χ4n) is 0.722. The van der Waals surface area contributed by atoms with E-state index < -0.39 is 0 Å². The Kier molecular flexibility index (Phi) is 2.39. The SMILES string of the molecule is COCCn1cnnc1C. The molecule has 0 aliphatic rings. The summed E-state index contributed by atoms with van der Waals surface area (Å²) in [7, 11) is 1.68. The molecule has 0 aromatic carbocycles. The zero-order valence-corrected chi connectivity index (χ0v) is 6.24. The van der Waals surface area contributed by atoms with E-state index in [0.29, 0.717) is 6.61 Å². The third-order valence-corrected chi connectivity index (χ3v) is 1.35. The fourth-order valence-corrected chi connectivity index (χ4v) is 0.722. The van der Waals surface area contributed by atoms with Crippen LogP contribution in [-0.2, 0) is 11.3 Å². The van der Waals surface area contributed by atoms with Crippen LogP contribution in [0.3, 0.4) is 0 Å². The molecule has 10 heavy (non-hydrogen) atoms. The van der Waals surface area contributed by atoms with Gasteiger partial charge in [0.05, 0.1) is 6.61 Å². The van der Waals surface area contributed by atoms with Gasteiger partial charge >= 0.3 is 0 Å². The molecule has 0 spiro atoms. The maximum absolute atomic E-state index is 4.89. The lowest BCUT2D eigenvalue weighted by Gasteiger charge is -2.00. The fraction of sp³-hybridized carbons (Fsp3) is 0.667. The molecule has 0 aliphatic carbocycles. The first-order valence-corrected chi connectivity index (χ1v) is 3.18. The first kappa shape index (κ1) is 7.21. The van der Waals surface area contributed by atoms with Gasteiger partial charge in [-0.25, -0.2) is 0 Å². The summed E-state index contributed by atoms with van der Waals surface area (Å²) in [4.78, 5) is 0. The first-order chi connectivity index (χ1) is 4.84. The zero-order valence-electron chi connectivity index (χ0n) is 6.24. The van der Waals surface area contributed by atoms with Gasteiger partial charge in [-0.1, -0.05) is 0 Å². The van der Waals surface area contributed by atoms with Crippen molar-refractivity contribution >= 4 is 0 Å². The monoisotopic (exact) mass is 141 g/mol. The van der Waals surface area contributed by atoms with Gasteiger partial charge in [0.2, 0.25) is 0 Å². The maximum Gasteiger partial charge on any atom is 0.129 e. The van der Waals surface area contributed by atoms with Gasteiger partial charge in [0.1, 0.15) is 12.2 Å². The van der Waals surface area contributed by atoms with Gasteiger partial charge < -0.3 is 9.30 Å². The van der Waals surface area contributed by atoms with Crippen molar-refractivity contribution in [2.24, 2.45) is 0 Å². The van der Waals surface area contributed by atoms with E-state index in [0.717, 1.165) is 12.4 Å². The van der Waals surface area contributed by atoms with Crippen molar-refractivity contribution in [1.29, 1.82) is 0 Å². The number of aromatic nitrogens is 3. The molecule has 0 unspecified atom stereocenters. The zero-order chi connectivity index (χ0) is 7.40. The summed E-state index contributed by atoms with van der Waals surface area (Å²) in [5.74, 6) is 0.928. The summed E-state index contributed by atoms with van der Waals surface area (Å²) >= 11 is 0. The third-order valence-electron chi connectivity index (χ3n) is 1.35. The molecule has 0 radical (unpaired) electrons. The Morgan fingerprint density at radius 1 is 1.70 bits per heavy atom. The Bertz CT molecular complexity index is 197. The van der Waals surface area contributed by atoms with Crippen molar-refractivity contribution in [1.82, 2.24) is 14.8 Å². The number of rotatable bonds is 3. The van der Waals surface area contributed by atoms with Gasteiger partial charge in [0.25, 0.3) is 0 Å². The van der Waals surface area contributed by atoms with E-state index in [2.05, 4.69) is 10.2 Å². The molecule has 4 heteroatoms. The quantitative estimate of drug-likeness (QED) is 0.605. The summed E-state index contributed by atoms with van der Waals surface area (Å²) in [6.45, 7) is 3.46. The predicted molar refractivity (Wildman–Crippen MR) is 36.6 cm³/mol. The van der Waals surface area contributed by atoms with Crippen LogP contribution < -0.4 is 0 Å². The van der Waals surface area contributed by atoms with Gasteiger partial charge in [0.15, 0.2) is 0 Å². The molecule has 1 rings (SSSR count). The Balaban J connectivity index is 2.49. The van der Waals surface area contributed by atoms with Crippen LogP contribution in [0.15, 0.2) is 6.33 Å². The molecule has 0 amide bonds. The van der Waals surface area contributed by atoms with Crippen LogP contribution in [0.2, 0.25) is 0 Å². The number of hydrogen-bond acceptors (Lipinski definition) is 3. The third kappa shape index (κ3) is 1.54. The number of hydrogen-bond donors (Lipinski definition) is 0. The van der Waals surface area contributed by atoms with Crippen LogP contribution in [0.4, 0.5) is 0 Å². The van der Waals surface area contributed by atoms with Crippen molar-refractivity contribution in [2.45, 2.75) is 13.5 Å². The van der Waals surface area contributed by atoms with Crippen molar-refractivity contribution in [3.8, 4) is 0 Å². The van der Waals surface area contributed by atoms with E-state index >= 15 is 0 Å². The Hall–Kier alpha value is -0.900. The lowest BCUT2D eigenvalue weighted by molar-refractivity contribution is 0.186. The highest BCUT2D eigenvalue weighted by atomic mass is 16.5. The van der Waals surface area contributed by atoms with Crippen LogP contribution in [0.1, 0.15) is 5.82 Å². The molecule has 0 fully saturated rings. The first-order valence-electron chi connectivity index (χ1n) is 3.18. The Morgan fingerprint density at radius 3 is 3.00 bits per heavy atom. The lowest BCUT2D eigenvalue weighted by Crippen LogP contribution is -2.04. The summed E-state index contributed by atoms with van der Waals surface area (Å²) in [6, 6.07) is 0. The molecular formula is C6H11N3O. The molecule has 0 bridgehead atoms.